The van der Waals surface area contributed by atoms with Crippen molar-refractivity contribution >= 4 is 28.6 Å². The third-order valence-corrected chi connectivity index (χ3v) is 4.30. The first-order chi connectivity index (χ1) is 12.9. The van der Waals surface area contributed by atoms with Crippen molar-refractivity contribution in [3.8, 4) is 0 Å². The number of nitrogens with one attached hydrogen (secondary N) is 1. The molecule has 2 aromatic carbocycles. The van der Waals surface area contributed by atoms with E-state index in [1.165, 1.54) is 16.1 Å². The zero-order valence-electron chi connectivity index (χ0n) is 15.4. The van der Waals surface area contributed by atoms with Crippen LogP contribution in [0.4, 0.5) is 5.69 Å². The van der Waals surface area contributed by atoms with Crippen LogP contribution in [0.3, 0.4) is 0 Å². The summed E-state index contributed by atoms with van der Waals surface area (Å²) in [6.07, 6.45) is -0.983. The van der Waals surface area contributed by atoms with Gasteiger partial charge >= 0.3 is 11.7 Å². The van der Waals surface area contributed by atoms with E-state index in [9.17, 15) is 14.4 Å². The van der Waals surface area contributed by atoms with Gasteiger partial charge in [-0.25, -0.2) is 4.79 Å². The van der Waals surface area contributed by atoms with Crippen molar-refractivity contribution in [3.63, 3.8) is 0 Å². The number of hydrogen-bond donors (Lipinski definition) is 1. The number of esters is 1. The molecule has 0 saturated heterocycles. The first-order valence-electron chi connectivity index (χ1n) is 8.58. The molecule has 1 aromatic heterocycles. The minimum atomic E-state index is -0.983. The molecule has 0 aliphatic heterocycles. The lowest BCUT2D eigenvalue weighted by atomic mass is 10.2. The number of carbonyl (C=O) groups excluding carboxylic acids is 2. The van der Waals surface area contributed by atoms with Crippen molar-refractivity contribution in [1.29, 1.82) is 0 Å². The topological polar surface area (TPSA) is 82.3 Å². The van der Waals surface area contributed by atoms with Crippen LogP contribution in [0.15, 0.2) is 53.3 Å². The van der Waals surface area contributed by atoms with Gasteiger partial charge in [-0.1, -0.05) is 24.3 Å². The monoisotopic (exact) mass is 367 g/mol. The normalized spacial score (nSPS) is 12.0. The summed E-state index contributed by atoms with van der Waals surface area (Å²) in [5.74, 6) is -1.08. The summed E-state index contributed by atoms with van der Waals surface area (Å²) >= 11 is 0. The number of amides is 1. The Balaban J connectivity index is 1.68. The standard InChI is InChI=1S/C20H21N3O4/c1-13-7-6-8-15(11-13)21-19(25)14(2)27-18(24)12-23-17-10-5-4-9-16(17)22(3)20(23)26/h4-11,14H,12H2,1-3H3,(H,21,25). The van der Waals surface area contributed by atoms with Crippen LogP contribution in [-0.4, -0.2) is 27.1 Å². The van der Waals surface area contributed by atoms with Crippen molar-refractivity contribution in [2.75, 3.05) is 5.32 Å². The molecule has 0 radical (unpaired) electrons. The van der Waals surface area contributed by atoms with Gasteiger partial charge in [-0.3, -0.25) is 18.7 Å². The number of rotatable bonds is 5. The molecule has 1 amide bonds. The predicted molar refractivity (Wildman–Crippen MR) is 103 cm³/mol. The van der Waals surface area contributed by atoms with Gasteiger partial charge < -0.3 is 10.1 Å². The van der Waals surface area contributed by atoms with E-state index in [1.54, 1.807) is 31.3 Å². The van der Waals surface area contributed by atoms with Gasteiger partial charge in [-0.2, -0.15) is 0 Å². The van der Waals surface area contributed by atoms with Crippen LogP contribution in [-0.2, 0) is 27.9 Å². The Morgan fingerprint density at radius 3 is 2.52 bits per heavy atom. The van der Waals surface area contributed by atoms with Gasteiger partial charge in [0, 0.05) is 12.7 Å². The number of aromatic nitrogens is 2. The third-order valence-electron chi connectivity index (χ3n) is 4.30. The quantitative estimate of drug-likeness (QED) is 0.701. The highest BCUT2D eigenvalue weighted by Crippen LogP contribution is 2.13. The van der Waals surface area contributed by atoms with E-state index in [0.717, 1.165) is 11.1 Å². The summed E-state index contributed by atoms with van der Waals surface area (Å²) in [5.41, 5.74) is 2.69. The molecule has 1 atom stereocenters. The molecule has 1 unspecified atom stereocenters. The number of benzene rings is 2. The van der Waals surface area contributed by atoms with Gasteiger partial charge in [0.2, 0.25) is 0 Å². The number of fused-ring (bicyclic) bond motifs is 1. The van der Waals surface area contributed by atoms with Gasteiger partial charge in [-0.05, 0) is 43.7 Å². The van der Waals surface area contributed by atoms with Crippen LogP contribution < -0.4 is 11.0 Å². The fourth-order valence-corrected chi connectivity index (χ4v) is 2.90. The molecular weight excluding hydrogens is 346 g/mol. The van der Waals surface area contributed by atoms with Gasteiger partial charge in [0.05, 0.1) is 11.0 Å². The number of para-hydroxylation sites is 2. The summed E-state index contributed by atoms with van der Waals surface area (Å²) in [6, 6.07) is 14.5. The summed E-state index contributed by atoms with van der Waals surface area (Å²) < 4.78 is 8.02. The highest BCUT2D eigenvalue weighted by atomic mass is 16.5. The molecule has 27 heavy (non-hydrogen) atoms. The summed E-state index contributed by atoms with van der Waals surface area (Å²) in [6.45, 7) is 3.15. The van der Waals surface area contributed by atoms with E-state index in [-0.39, 0.29) is 12.2 Å². The molecule has 0 saturated carbocycles. The first kappa shape index (κ1) is 18.4. The van der Waals surface area contributed by atoms with E-state index < -0.39 is 18.0 Å². The second-order valence-electron chi connectivity index (χ2n) is 6.41. The summed E-state index contributed by atoms with van der Waals surface area (Å²) in [7, 11) is 1.64. The summed E-state index contributed by atoms with van der Waals surface area (Å²) in [5, 5.41) is 2.71. The van der Waals surface area contributed by atoms with E-state index in [0.29, 0.717) is 11.2 Å². The van der Waals surface area contributed by atoms with Gasteiger partial charge in [0.15, 0.2) is 6.10 Å². The molecule has 1 N–H and O–H groups in total. The number of aryl methyl sites for hydroxylation is 2. The van der Waals surface area contributed by atoms with E-state index >= 15 is 0 Å². The Kier molecular flexibility index (Phi) is 5.12. The maximum atomic E-state index is 12.4. The maximum absolute atomic E-state index is 12.4. The van der Waals surface area contributed by atoms with Crippen molar-refractivity contribution in [2.24, 2.45) is 7.05 Å². The van der Waals surface area contributed by atoms with Gasteiger partial charge in [-0.15, -0.1) is 0 Å². The molecule has 7 heteroatoms. The van der Waals surface area contributed by atoms with E-state index in [1.807, 2.05) is 31.2 Å². The molecular formula is C20H21N3O4. The Morgan fingerprint density at radius 2 is 1.81 bits per heavy atom. The minimum Gasteiger partial charge on any atom is -0.451 e. The molecule has 3 rings (SSSR count). The average molecular weight is 367 g/mol. The zero-order chi connectivity index (χ0) is 19.6. The lowest BCUT2D eigenvalue weighted by Crippen LogP contribution is -2.33. The van der Waals surface area contributed by atoms with Crippen molar-refractivity contribution in [2.45, 2.75) is 26.5 Å². The molecule has 0 aliphatic rings. The van der Waals surface area contributed by atoms with Crippen LogP contribution >= 0.6 is 0 Å². The molecule has 140 valence electrons. The van der Waals surface area contributed by atoms with Crippen LogP contribution in [0.25, 0.3) is 11.0 Å². The molecule has 3 aromatic rings. The molecule has 7 nitrogen and oxygen atoms in total. The zero-order valence-corrected chi connectivity index (χ0v) is 15.4. The second kappa shape index (κ2) is 7.49. The van der Waals surface area contributed by atoms with Gasteiger partial charge in [0.1, 0.15) is 6.54 Å². The molecule has 0 aliphatic carbocycles. The first-order valence-corrected chi connectivity index (χ1v) is 8.58. The van der Waals surface area contributed by atoms with Gasteiger partial charge in [0.25, 0.3) is 5.91 Å². The maximum Gasteiger partial charge on any atom is 0.329 e. The van der Waals surface area contributed by atoms with Crippen LogP contribution in [0.5, 0.6) is 0 Å². The minimum absolute atomic E-state index is 0.262. The Morgan fingerprint density at radius 1 is 1.11 bits per heavy atom. The number of ether oxygens (including phenoxy) is 1. The Bertz CT molecular complexity index is 1060. The second-order valence-corrected chi connectivity index (χ2v) is 6.41. The molecule has 0 fully saturated rings. The van der Waals surface area contributed by atoms with Crippen molar-refractivity contribution in [3.05, 3.63) is 64.6 Å². The average Bonchev–Trinajstić information content (AvgIpc) is 2.87. The largest absolute Gasteiger partial charge is 0.451 e. The number of nitrogens with zero attached hydrogens (tertiary/aromatic N) is 2. The molecule has 1 heterocycles. The highest BCUT2D eigenvalue weighted by molar-refractivity contribution is 5.95. The fourth-order valence-electron chi connectivity index (χ4n) is 2.90. The van der Waals surface area contributed by atoms with E-state index in [4.69, 9.17) is 4.74 Å². The third kappa shape index (κ3) is 3.92. The number of carbonyl (C=O) groups is 2. The number of imidazole rings is 1. The lowest BCUT2D eigenvalue weighted by Gasteiger charge is -2.14. The highest BCUT2D eigenvalue weighted by Gasteiger charge is 2.20. The number of hydrogen-bond acceptors (Lipinski definition) is 4. The summed E-state index contributed by atoms with van der Waals surface area (Å²) in [4.78, 5) is 36.9. The van der Waals surface area contributed by atoms with Crippen LogP contribution in [0.1, 0.15) is 12.5 Å². The van der Waals surface area contributed by atoms with Crippen molar-refractivity contribution in [1.82, 2.24) is 9.13 Å². The Labute approximate surface area is 156 Å². The smallest absolute Gasteiger partial charge is 0.329 e. The molecule has 0 spiro atoms. The van der Waals surface area contributed by atoms with Crippen LogP contribution in [0, 0.1) is 6.92 Å². The SMILES string of the molecule is Cc1cccc(NC(=O)C(C)OC(=O)Cn2c(=O)n(C)c3ccccc32)c1. The Hall–Kier alpha value is -3.35. The lowest BCUT2D eigenvalue weighted by molar-refractivity contribution is -0.153. The van der Waals surface area contributed by atoms with Crippen molar-refractivity contribution < 1.29 is 14.3 Å². The fraction of sp³-hybridized carbons (Fsp3) is 0.250. The molecule has 0 bridgehead atoms. The van der Waals surface area contributed by atoms with Crippen LogP contribution in [0.2, 0.25) is 0 Å². The van der Waals surface area contributed by atoms with E-state index in [2.05, 4.69) is 5.32 Å². The predicted octanol–water partition coefficient (Wildman–Crippen LogP) is 2.22. The number of anilines is 1.